The van der Waals surface area contributed by atoms with Crippen LogP contribution < -0.4 is 5.32 Å². The van der Waals surface area contributed by atoms with Gasteiger partial charge in [0.05, 0.1) is 10.5 Å². The van der Waals surface area contributed by atoms with Gasteiger partial charge in [-0.25, -0.2) is 13.2 Å². The van der Waals surface area contributed by atoms with Gasteiger partial charge in [-0.3, -0.25) is 4.79 Å². The van der Waals surface area contributed by atoms with Gasteiger partial charge in [0.2, 0.25) is 10.0 Å². The van der Waals surface area contributed by atoms with Crippen molar-refractivity contribution in [2.24, 2.45) is 0 Å². The molecule has 1 N–H and O–H groups in total. The van der Waals surface area contributed by atoms with Crippen molar-refractivity contribution in [1.82, 2.24) is 9.62 Å². The monoisotopic (exact) mass is 382 g/mol. The molecular weight excluding hydrogens is 356 g/mol. The smallest absolute Gasteiger partial charge is 0.338 e. The predicted octanol–water partition coefficient (Wildman–Crippen LogP) is 1.93. The van der Waals surface area contributed by atoms with E-state index in [0.29, 0.717) is 13.1 Å². The van der Waals surface area contributed by atoms with Crippen LogP contribution in [0.2, 0.25) is 0 Å². The van der Waals surface area contributed by atoms with Gasteiger partial charge in [-0.05, 0) is 43.9 Å². The lowest BCUT2D eigenvalue weighted by Gasteiger charge is -2.16. The number of amides is 1. The highest BCUT2D eigenvalue weighted by Crippen LogP contribution is 2.21. The van der Waals surface area contributed by atoms with Crippen LogP contribution in [0.3, 0.4) is 0 Å². The van der Waals surface area contributed by atoms with Crippen molar-refractivity contribution in [3.05, 3.63) is 29.8 Å². The van der Waals surface area contributed by atoms with Crippen LogP contribution in [0.15, 0.2) is 29.2 Å². The molecular formula is C18H26N2O5S. The molecule has 7 nitrogen and oxygen atoms in total. The number of sulfonamides is 1. The van der Waals surface area contributed by atoms with Crippen LogP contribution in [0, 0.1) is 0 Å². The quantitative estimate of drug-likeness (QED) is 0.694. The molecule has 0 saturated carbocycles. The van der Waals surface area contributed by atoms with Crippen molar-refractivity contribution in [2.45, 2.75) is 50.5 Å². The van der Waals surface area contributed by atoms with Crippen LogP contribution in [-0.4, -0.2) is 50.3 Å². The molecule has 1 aliphatic rings. The summed E-state index contributed by atoms with van der Waals surface area (Å²) in [5.74, 6) is -1.09. The topological polar surface area (TPSA) is 92.8 Å². The molecule has 0 aliphatic carbocycles. The fourth-order valence-electron chi connectivity index (χ4n) is 2.84. The van der Waals surface area contributed by atoms with E-state index in [-0.39, 0.29) is 22.4 Å². The molecule has 1 amide bonds. The summed E-state index contributed by atoms with van der Waals surface area (Å²) in [7, 11) is -3.60. The van der Waals surface area contributed by atoms with Gasteiger partial charge in [0.15, 0.2) is 6.61 Å². The third-order valence-corrected chi connectivity index (χ3v) is 6.35. The van der Waals surface area contributed by atoms with Gasteiger partial charge in [0.25, 0.3) is 5.91 Å². The Kier molecular flexibility index (Phi) is 7.16. The van der Waals surface area contributed by atoms with E-state index in [1.165, 1.54) is 28.6 Å². The largest absolute Gasteiger partial charge is 0.452 e. The Morgan fingerprint density at radius 3 is 2.46 bits per heavy atom. The molecule has 0 bridgehead atoms. The highest BCUT2D eigenvalue weighted by atomic mass is 32.2. The highest BCUT2D eigenvalue weighted by molar-refractivity contribution is 7.89. The molecule has 2 rings (SSSR count). The Hall–Kier alpha value is -1.93. The molecule has 1 heterocycles. The molecule has 0 spiro atoms. The zero-order valence-corrected chi connectivity index (χ0v) is 16.0. The van der Waals surface area contributed by atoms with Crippen LogP contribution in [0.1, 0.15) is 49.9 Å². The molecule has 1 aromatic carbocycles. The zero-order valence-electron chi connectivity index (χ0n) is 15.2. The number of nitrogens with zero attached hydrogens (tertiary/aromatic N) is 1. The lowest BCUT2D eigenvalue weighted by molar-refractivity contribution is -0.125. The number of rotatable bonds is 8. The summed E-state index contributed by atoms with van der Waals surface area (Å²) in [6.07, 6.45) is 3.28. The third kappa shape index (κ3) is 5.04. The minimum absolute atomic E-state index is 0.0511. The van der Waals surface area contributed by atoms with Crippen LogP contribution in [0.4, 0.5) is 0 Å². The first kappa shape index (κ1) is 20.4. The summed E-state index contributed by atoms with van der Waals surface area (Å²) in [6, 6.07) is 5.79. The Balaban J connectivity index is 2.01. The molecule has 0 radical (unpaired) electrons. The van der Waals surface area contributed by atoms with Gasteiger partial charge < -0.3 is 10.1 Å². The summed E-state index contributed by atoms with van der Waals surface area (Å²) in [4.78, 5) is 24.0. The zero-order chi connectivity index (χ0) is 19.2. The normalized spacial score (nSPS) is 15.2. The number of ether oxygens (including phenoxy) is 1. The van der Waals surface area contributed by atoms with Crippen molar-refractivity contribution in [3.63, 3.8) is 0 Å². The van der Waals surface area contributed by atoms with E-state index in [1.807, 2.05) is 13.8 Å². The maximum Gasteiger partial charge on any atom is 0.338 e. The number of hydrogen-bond donors (Lipinski definition) is 1. The second-order valence-corrected chi connectivity index (χ2v) is 8.23. The van der Waals surface area contributed by atoms with Crippen LogP contribution in [-0.2, 0) is 19.6 Å². The molecule has 1 aromatic rings. The molecule has 1 aliphatic heterocycles. The predicted molar refractivity (Wildman–Crippen MR) is 97.2 cm³/mol. The first-order valence-corrected chi connectivity index (χ1v) is 10.4. The Labute approximate surface area is 154 Å². The van der Waals surface area contributed by atoms with E-state index in [9.17, 15) is 18.0 Å². The van der Waals surface area contributed by atoms with Gasteiger partial charge in [0.1, 0.15) is 0 Å². The minimum Gasteiger partial charge on any atom is -0.452 e. The summed E-state index contributed by atoms with van der Waals surface area (Å²) >= 11 is 0. The van der Waals surface area contributed by atoms with Crippen molar-refractivity contribution >= 4 is 21.9 Å². The van der Waals surface area contributed by atoms with E-state index in [1.54, 1.807) is 0 Å². The van der Waals surface area contributed by atoms with E-state index >= 15 is 0 Å². The Bertz CT molecular complexity index is 738. The molecule has 144 valence electrons. The molecule has 1 fully saturated rings. The first-order valence-electron chi connectivity index (χ1n) is 8.95. The van der Waals surface area contributed by atoms with E-state index in [2.05, 4.69) is 5.32 Å². The maximum atomic E-state index is 12.6. The second-order valence-electron chi connectivity index (χ2n) is 6.30. The third-order valence-electron chi connectivity index (χ3n) is 4.46. The van der Waals surface area contributed by atoms with Gasteiger partial charge in [-0.15, -0.1) is 0 Å². The SMILES string of the molecule is CCC(CC)NC(=O)COC(=O)c1cccc(S(=O)(=O)N2CCCC2)c1. The van der Waals surface area contributed by atoms with Crippen LogP contribution in [0.5, 0.6) is 0 Å². The van der Waals surface area contributed by atoms with Crippen molar-refractivity contribution in [2.75, 3.05) is 19.7 Å². The lowest BCUT2D eigenvalue weighted by Crippen LogP contribution is -2.36. The number of carbonyl (C=O) groups excluding carboxylic acids is 2. The van der Waals surface area contributed by atoms with Crippen molar-refractivity contribution in [1.29, 1.82) is 0 Å². The molecule has 1 saturated heterocycles. The number of carbonyl (C=O) groups is 2. The molecule has 0 aromatic heterocycles. The standard InChI is InChI=1S/C18H26N2O5S/c1-3-15(4-2)19-17(21)13-25-18(22)14-8-7-9-16(12-14)26(23,24)20-10-5-6-11-20/h7-9,12,15H,3-6,10-11,13H2,1-2H3,(H,19,21). The molecule has 0 atom stereocenters. The summed E-state index contributed by atoms with van der Waals surface area (Å²) in [6.45, 7) is 4.53. The Morgan fingerprint density at radius 2 is 1.85 bits per heavy atom. The number of nitrogens with one attached hydrogen (secondary N) is 1. The minimum atomic E-state index is -3.60. The lowest BCUT2D eigenvalue weighted by atomic mass is 10.2. The van der Waals surface area contributed by atoms with Gasteiger partial charge in [-0.2, -0.15) is 4.31 Å². The summed E-state index contributed by atoms with van der Waals surface area (Å²) in [5, 5.41) is 2.78. The van der Waals surface area contributed by atoms with E-state index < -0.39 is 22.6 Å². The average molecular weight is 382 g/mol. The first-order chi connectivity index (χ1) is 12.4. The average Bonchev–Trinajstić information content (AvgIpc) is 3.19. The van der Waals surface area contributed by atoms with Crippen LogP contribution >= 0.6 is 0 Å². The second kappa shape index (κ2) is 9.14. The van der Waals surface area contributed by atoms with E-state index in [0.717, 1.165) is 25.7 Å². The number of benzene rings is 1. The van der Waals surface area contributed by atoms with Gasteiger partial charge in [-0.1, -0.05) is 19.9 Å². The molecule has 0 unspecified atom stereocenters. The van der Waals surface area contributed by atoms with Gasteiger partial charge in [0, 0.05) is 19.1 Å². The summed E-state index contributed by atoms with van der Waals surface area (Å²) < 4.78 is 31.6. The molecule has 8 heteroatoms. The highest BCUT2D eigenvalue weighted by Gasteiger charge is 2.27. The fraction of sp³-hybridized carbons (Fsp3) is 0.556. The van der Waals surface area contributed by atoms with Crippen molar-refractivity contribution < 1.29 is 22.7 Å². The van der Waals surface area contributed by atoms with Gasteiger partial charge >= 0.3 is 5.97 Å². The van der Waals surface area contributed by atoms with Crippen molar-refractivity contribution in [3.8, 4) is 0 Å². The van der Waals surface area contributed by atoms with Crippen LogP contribution in [0.25, 0.3) is 0 Å². The molecule has 26 heavy (non-hydrogen) atoms. The Morgan fingerprint density at radius 1 is 1.19 bits per heavy atom. The maximum absolute atomic E-state index is 12.6. The number of hydrogen-bond acceptors (Lipinski definition) is 5. The number of esters is 1. The summed E-state index contributed by atoms with van der Waals surface area (Å²) in [5.41, 5.74) is 0.112. The fourth-order valence-corrected chi connectivity index (χ4v) is 4.40. The van der Waals surface area contributed by atoms with E-state index in [4.69, 9.17) is 4.74 Å².